The first-order valence-corrected chi connectivity index (χ1v) is 6.25. The van der Waals surface area contributed by atoms with E-state index in [1.165, 1.54) is 0 Å². The predicted molar refractivity (Wildman–Crippen MR) is 76.7 cm³/mol. The van der Waals surface area contributed by atoms with Crippen molar-refractivity contribution in [2.75, 3.05) is 29.6 Å². The maximum Gasteiger partial charge on any atom is 0.138 e. The van der Waals surface area contributed by atoms with Crippen molar-refractivity contribution in [3.05, 3.63) is 36.9 Å². The highest BCUT2D eigenvalue weighted by Gasteiger charge is 2.06. The largest absolute Gasteiger partial charge is 0.369 e. The lowest BCUT2D eigenvalue weighted by Gasteiger charge is -2.18. The van der Waals surface area contributed by atoms with E-state index in [-0.39, 0.29) is 0 Å². The van der Waals surface area contributed by atoms with Crippen LogP contribution in [0.3, 0.4) is 0 Å². The van der Waals surface area contributed by atoms with Gasteiger partial charge in [-0.3, -0.25) is 4.98 Å². The fourth-order valence-corrected chi connectivity index (χ4v) is 1.62. The summed E-state index contributed by atoms with van der Waals surface area (Å²) in [6.45, 7) is 0.776. The van der Waals surface area contributed by atoms with E-state index >= 15 is 0 Å². The summed E-state index contributed by atoms with van der Waals surface area (Å²) in [5.41, 5.74) is 1.03. The van der Waals surface area contributed by atoms with Crippen LogP contribution < -0.4 is 10.2 Å². The molecule has 0 saturated carbocycles. The van der Waals surface area contributed by atoms with Crippen LogP contribution in [0.5, 0.6) is 0 Å². The van der Waals surface area contributed by atoms with Gasteiger partial charge in [0.2, 0.25) is 0 Å². The van der Waals surface area contributed by atoms with Gasteiger partial charge in [-0.1, -0.05) is 0 Å². The Hall–Kier alpha value is -1.82. The Morgan fingerprint density at radius 2 is 2.06 bits per heavy atom. The van der Waals surface area contributed by atoms with E-state index in [1.807, 2.05) is 30.1 Å². The van der Waals surface area contributed by atoms with Crippen molar-refractivity contribution < 1.29 is 0 Å². The average molecular weight is 261 g/mol. The molecule has 0 radical (unpaired) electrons. The Morgan fingerprint density at radius 3 is 2.78 bits per heavy atom. The third kappa shape index (κ3) is 3.10. The molecular weight excluding hydrogens is 246 g/mol. The van der Waals surface area contributed by atoms with E-state index in [2.05, 4.69) is 32.9 Å². The van der Waals surface area contributed by atoms with E-state index in [0.717, 1.165) is 29.6 Å². The van der Waals surface area contributed by atoms with Gasteiger partial charge in [0.15, 0.2) is 0 Å². The van der Waals surface area contributed by atoms with Crippen molar-refractivity contribution in [1.82, 2.24) is 15.0 Å². The molecule has 0 saturated heterocycles. The van der Waals surface area contributed by atoms with Gasteiger partial charge in [0.1, 0.15) is 18.0 Å². The second-order valence-corrected chi connectivity index (χ2v) is 4.12. The second kappa shape index (κ2) is 6.20. The third-order valence-electron chi connectivity index (χ3n) is 2.46. The van der Waals surface area contributed by atoms with Crippen LogP contribution in [-0.4, -0.2) is 34.3 Å². The summed E-state index contributed by atoms with van der Waals surface area (Å²) in [5, 5.41) is 3.17. The Labute approximate surface area is 112 Å². The van der Waals surface area contributed by atoms with Crippen molar-refractivity contribution in [2.45, 2.75) is 0 Å². The normalized spacial score (nSPS) is 10.1. The van der Waals surface area contributed by atoms with E-state index in [0.29, 0.717) is 0 Å². The SMILES string of the molecule is CN(c1ccncc1)c1cc(NCCS)ncn1. The monoisotopic (exact) mass is 261 g/mol. The van der Waals surface area contributed by atoms with Crippen LogP contribution in [0.1, 0.15) is 0 Å². The van der Waals surface area contributed by atoms with Gasteiger partial charge >= 0.3 is 0 Å². The second-order valence-electron chi connectivity index (χ2n) is 3.68. The molecule has 6 heteroatoms. The zero-order valence-electron chi connectivity index (χ0n) is 10.1. The molecule has 18 heavy (non-hydrogen) atoms. The van der Waals surface area contributed by atoms with E-state index < -0.39 is 0 Å². The molecule has 0 fully saturated rings. The van der Waals surface area contributed by atoms with Crippen molar-refractivity contribution in [2.24, 2.45) is 0 Å². The van der Waals surface area contributed by atoms with Crippen molar-refractivity contribution in [3.8, 4) is 0 Å². The highest BCUT2D eigenvalue weighted by atomic mass is 32.1. The van der Waals surface area contributed by atoms with Gasteiger partial charge in [0.05, 0.1) is 0 Å². The summed E-state index contributed by atoms with van der Waals surface area (Å²) in [4.78, 5) is 14.4. The molecule has 1 N–H and O–H groups in total. The summed E-state index contributed by atoms with van der Waals surface area (Å²) in [5.74, 6) is 2.40. The molecule has 0 aromatic carbocycles. The maximum absolute atomic E-state index is 4.26. The van der Waals surface area contributed by atoms with Gasteiger partial charge < -0.3 is 10.2 Å². The van der Waals surface area contributed by atoms with E-state index in [4.69, 9.17) is 0 Å². The molecule has 5 nitrogen and oxygen atoms in total. The van der Waals surface area contributed by atoms with Gasteiger partial charge in [-0.25, -0.2) is 9.97 Å². The number of nitrogens with zero attached hydrogens (tertiary/aromatic N) is 4. The molecule has 0 atom stereocenters. The number of nitrogens with one attached hydrogen (secondary N) is 1. The van der Waals surface area contributed by atoms with Crippen LogP contribution in [0.25, 0.3) is 0 Å². The zero-order chi connectivity index (χ0) is 12.8. The molecule has 2 heterocycles. The van der Waals surface area contributed by atoms with Gasteiger partial charge in [0, 0.05) is 43.5 Å². The lowest BCUT2D eigenvalue weighted by Crippen LogP contribution is -2.12. The lowest BCUT2D eigenvalue weighted by atomic mass is 10.3. The maximum atomic E-state index is 4.26. The highest BCUT2D eigenvalue weighted by Crippen LogP contribution is 2.21. The third-order valence-corrected chi connectivity index (χ3v) is 2.69. The molecule has 94 valence electrons. The van der Waals surface area contributed by atoms with Crippen molar-refractivity contribution in [1.29, 1.82) is 0 Å². The molecule has 0 aliphatic rings. The van der Waals surface area contributed by atoms with E-state index in [1.54, 1.807) is 18.7 Å². The highest BCUT2D eigenvalue weighted by molar-refractivity contribution is 7.80. The van der Waals surface area contributed by atoms with Crippen LogP contribution in [-0.2, 0) is 0 Å². The lowest BCUT2D eigenvalue weighted by molar-refractivity contribution is 1.06. The molecule has 0 amide bonds. The topological polar surface area (TPSA) is 53.9 Å². The molecular formula is C12H15N5S. The molecule has 0 bridgehead atoms. The number of aromatic nitrogens is 3. The Bertz CT molecular complexity index is 491. The quantitative estimate of drug-likeness (QED) is 0.806. The van der Waals surface area contributed by atoms with Crippen molar-refractivity contribution in [3.63, 3.8) is 0 Å². The number of thiol groups is 1. The number of anilines is 3. The number of hydrogen-bond donors (Lipinski definition) is 2. The Morgan fingerprint density at radius 1 is 1.28 bits per heavy atom. The Kier molecular flexibility index (Phi) is 4.35. The first-order valence-electron chi connectivity index (χ1n) is 5.62. The summed E-state index contributed by atoms with van der Waals surface area (Å²) in [6.07, 6.45) is 5.06. The minimum Gasteiger partial charge on any atom is -0.369 e. The molecule has 2 rings (SSSR count). The van der Waals surface area contributed by atoms with Gasteiger partial charge in [-0.15, -0.1) is 0 Å². The fourth-order valence-electron chi connectivity index (χ4n) is 1.51. The van der Waals surface area contributed by atoms with Gasteiger partial charge in [-0.2, -0.15) is 12.6 Å². The summed E-state index contributed by atoms with van der Waals surface area (Å²) < 4.78 is 0. The van der Waals surface area contributed by atoms with E-state index in [9.17, 15) is 0 Å². The molecule has 2 aromatic rings. The van der Waals surface area contributed by atoms with Gasteiger partial charge in [0.25, 0.3) is 0 Å². The Balaban J connectivity index is 2.17. The predicted octanol–water partition coefficient (Wildman–Crippen LogP) is 1.98. The molecule has 0 aliphatic heterocycles. The fraction of sp³-hybridized carbons (Fsp3) is 0.250. The smallest absolute Gasteiger partial charge is 0.138 e. The first kappa shape index (κ1) is 12.6. The molecule has 2 aromatic heterocycles. The zero-order valence-corrected chi connectivity index (χ0v) is 11.0. The van der Waals surface area contributed by atoms with Crippen LogP contribution >= 0.6 is 12.6 Å². The van der Waals surface area contributed by atoms with Crippen molar-refractivity contribution >= 4 is 30.0 Å². The van der Waals surface area contributed by atoms with Gasteiger partial charge in [-0.05, 0) is 12.1 Å². The van der Waals surface area contributed by atoms with Crippen LogP contribution in [0.15, 0.2) is 36.9 Å². The first-order chi connectivity index (χ1) is 8.81. The molecule has 0 spiro atoms. The van der Waals surface area contributed by atoms with Crippen LogP contribution in [0, 0.1) is 0 Å². The summed E-state index contributed by atoms with van der Waals surface area (Å²) in [7, 11) is 1.96. The summed E-state index contributed by atoms with van der Waals surface area (Å²) >= 11 is 4.15. The minimum absolute atomic E-state index is 0.763. The number of pyridine rings is 1. The average Bonchev–Trinajstić information content (AvgIpc) is 2.45. The minimum atomic E-state index is 0.763. The molecule has 0 aliphatic carbocycles. The molecule has 0 unspecified atom stereocenters. The van der Waals surface area contributed by atoms with Crippen LogP contribution in [0.4, 0.5) is 17.3 Å². The number of hydrogen-bond acceptors (Lipinski definition) is 6. The number of rotatable bonds is 5. The summed E-state index contributed by atoms with van der Waals surface area (Å²) in [6, 6.07) is 5.77. The standard InChI is InChI=1S/C12H15N5S/c1-17(10-2-4-13-5-3-10)12-8-11(14-6-7-18)15-9-16-12/h2-5,8-9,18H,6-7H2,1H3,(H,14,15,16). The van der Waals surface area contributed by atoms with Crippen LogP contribution in [0.2, 0.25) is 0 Å².